The number of hydrogen-bond acceptors (Lipinski definition) is 6. The van der Waals surface area contributed by atoms with E-state index in [1.54, 1.807) is 88.4 Å². The molecular formula is C46H52Br2FN7O8. The summed E-state index contributed by atoms with van der Waals surface area (Å²) in [7, 11) is 2.65. The zero-order chi connectivity index (χ0) is 47.2. The first kappa shape index (κ1) is 47.7. The molecule has 6 N–H and O–H groups in total. The van der Waals surface area contributed by atoms with E-state index in [0.717, 1.165) is 9.80 Å². The summed E-state index contributed by atoms with van der Waals surface area (Å²) in [6, 6.07) is 17.9. The Kier molecular flexibility index (Phi) is 13.7. The summed E-state index contributed by atoms with van der Waals surface area (Å²) < 4.78 is 17.6. The number of likely N-dealkylation sites (N-methyl/N-ethyl adjacent to an activating group) is 2. The number of carboxylic acid groups (broad SMARTS) is 2. The highest BCUT2D eigenvalue weighted by molar-refractivity contribution is 9.13. The molecule has 0 unspecified atom stereocenters. The lowest BCUT2D eigenvalue weighted by molar-refractivity contribution is -0.148. The summed E-state index contributed by atoms with van der Waals surface area (Å²) in [5.74, 6) is -3.78. The van der Waals surface area contributed by atoms with Crippen LogP contribution in [0.15, 0.2) is 81.7 Å². The van der Waals surface area contributed by atoms with Crippen molar-refractivity contribution in [2.45, 2.75) is 76.5 Å². The Balaban J connectivity index is 1.45. The van der Waals surface area contributed by atoms with E-state index in [1.807, 2.05) is 4.57 Å². The van der Waals surface area contributed by atoms with Crippen molar-refractivity contribution >= 4 is 67.7 Å². The van der Waals surface area contributed by atoms with Crippen LogP contribution in [0.3, 0.4) is 0 Å². The van der Waals surface area contributed by atoms with E-state index >= 15 is 0 Å². The molecule has 2 fully saturated rings. The lowest BCUT2D eigenvalue weighted by Gasteiger charge is -2.40. The smallest absolute Gasteiger partial charge is 0.407 e. The van der Waals surface area contributed by atoms with Crippen LogP contribution in [0.5, 0.6) is 0 Å². The highest BCUT2D eigenvalue weighted by atomic mass is 79.9. The molecule has 4 atom stereocenters. The molecular weight excluding hydrogens is 957 g/mol. The minimum atomic E-state index is -1.55. The van der Waals surface area contributed by atoms with E-state index in [1.165, 1.54) is 36.0 Å². The van der Waals surface area contributed by atoms with Crippen molar-refractivity contribution in [3.05, 3.63) is 98.7 Å². The number of hydrogen-bond donors (Lipinski definition) is 4. The monoisotopic (exact) mass is 1010 g/mol. The molecule has 3 heterocycles. The minimum absolute atomic E-state index is 0.198. The summed E-state index contributed by atoms with van der Waals surface area (Å²) in [5.41, 5.74) is 13.3. The molecule has 0 saturated carbocycles. The van der Waals surface area contributed by atoms with Crippen LogP contribution in [0.2, 0.25) is 0 Å². The number of amides is 6. The first-order valence-corrected chi connectivity index (χ1v) is 22.4. The summed E-state index contributed by atoms with van der Waals surface area (Å²) in [4.78, 5) is 84.1. The van der Waals surface area contributed by atoms with Gasteiger partial charge in [-0.3, -0.25) is 29.0 Å². The van der Waals surface area contributed by atoms with Gasteiger partial charge in [-0.05, 0) is 116 Å². The van der Waals surface area contributed by atoms with Crippen LogP contribution in [-0.4, -0.2) is 109 Å². The Labute approximate surface area is 387 Å². The second kappa shape index (κ2) is 18.4. The van der Waals surface area contributed by atoms with Crippen LogP contribution in [0.1, 0.15) is 64.5 Å². The van der Waals surface area contributed by atoms with E-state index in [4.69, 9.17) is 11.5 Å². The van der Waals surface area contributed by atoms with E-state index in [0.29, 0.717) is 61.1 Å². The van der Waals surface area contributed by atoms with Gasteiger partial charge in [0.15, 0.2) is 0 Å². The maximum atomic E-state index is 14.4. The van der Waals surface area contributed by atoms with Crippen LogP contribution >= 0.6 is 31.9 Å². The number of likely N-dealkylation sites (tertiary alicyclic amines) is 2. The van der Waals surface area contributed by atoms with Gasteiger partial charge < -0.3 is 36.0 Å². The highest BCUT2D eigenvalue weighted by Crippen LogP contribution is 2.48. The highest BCUT2D eigenvalue weighted by Gasteiger charge is 2.54. The van der Waals surface area contributed by atoms with Gasteiger partial charge in [0.05, 0.1) is 20.3 Å². The van der Waals surface area contributed by atoms with Gasteiger partial charge in [-0.2, -0.15) is 0 Å². The third-order valence-electron chi connectivity index (χ3n) is 12.7. The summed E-state index contributed by atoms with van der Waals surface area (Å²) >= 11 is 7.59. The van der Waals surface area contributed by atoms with Gasteiger partial charge in [0.25, 0.3) is 0 Å². The SMILES string of the molecule is CC(C)[C@@H](C(=O)N1CCC[C@@]1(C(N)=O)c1ccc(-c2c(Br)c(Br)c(-c3ccc([C@]4(C(N)=O)CCCN4C(=O)[C@H](C(C)C)N(C)C(=O)O)cc3)n2-c2ccc(F)cc2)cc1)N(C)C(=O)O. The number of nitrogens with two attached hydrogens (primary N) is 2. The first-order chi connectivity index (χ1) is 30.1. The standard InChI is InChI=1S/C46H52Br2FN7O8/c1-25(2)35(52(5)43(61)62)39(57)54-23-7-21-45(54,41(50)59)29-13-9-27(10-14-29)37-33(47)34(48)38(56(37)32-19-17-31(49)18-20-32)28-11-15-30(16-12-28)46(42(51)60)22-8-24-55(46)40(58)36(26(3)4)53(6)44(63)64/h9-20,25-26,35-36H,7-8,21-24H2,1-6H3,(H2,50,59)(H2,51,60)(H,61,62)(H,63,64)/t35-,36-,45-,46-/m0/s1. The van der Waals surface area contributed by atoms with E-state index in [2.05, 4.69) is 31.9 Å². The van der Waals surface area contributed by atoms with Crippen LogP contribution in [0, 0.1) is 17.7 Å². The second-order valence-electron chi connectivity index (χ2n) is 17.1. The van der Waals surface area contributed by atoms with Gasteiger partial charge >= 0.3 is 12.2 Å². The Morgan fingerprint density at radius 2 is 0.969 bits per heavy atom. The van der Waals surface area contributed by atoms with Crippen LogP contribution < -0.4 is 11.5 Å². The number of benzene rings is 3. The average molecular weight is 1010 g/mol. The predicted octanol–water partition coefficient (Wildman–Crippen LogP) is 7.35. The summed E-state index contributed by atoms with van der Waals surface area (Å²) in [6.45, 7) is 7.36. The zero-order valence-electron chi connectivity index (χ0n) is 36.3. The van der Waals surface area contributed by atoms with E-state index in [-0.39, 0.29) is 25.9 Å². The van der Waals surface area contributed by atoms with Gasteiger partial charge in [-0.25, -0.2) is 14.0 Å². The number of nitrogens with zero attached hydrogens (tertiary/aromatic N) is 5. The number of aromatic nitrogens is 1. The van der Waals surface area contributed by atoms with Gasteiger partial charge in [0.1, 0.15) is 29.0 Å². The van der Waals surface area contributed by atoms with Crippen molar-refractivity contribution < 1.29 is 43.4 Å². The van der Waals surface area contributed by atoms with Gasteiger partial charge in [0, 0.05) is 32.9 Å². The van der Waals surface area contributed by atoms with Crippen molar-refractivity contribution in [1.82, 2.24) is 24.2 Å². The van der Waals surface area contributed by atoms with Crippen molar-refractivity contribution in [3.63, 3.8) is 0 Å². The third kappa shape index (κ3) is 8.03. The molecule has 0 bridgehead atoms. The molecule has 1 aromatic heterocycles. The fourth-order valence-electron chi connectivity index (χ4n) is 9.67. The normalized spacial score (nSPS) is 19.5. The molecule has 2 aliphatic rings. The fourth-order valence-corrected chi connectivity index (χ4v) is 10.9. The fraction of sp³-hybridized carbons (Fsp3) is 0.391. The molecule has 4 aromatic rings. The van der Waals surface area contributed by atoms with Gasteiger partial charge in [0.2, 0.25) is 23.6 Å². The molecule has 0 aliphatic carbocycles. The van der Waals surface area contributed by atoms with Crippen LogP contribution in [-0.2, 0) is 30.3 Å². The number of halogens is 3. The molecule has 0 radical (unpaired) electrons. The molecule has 15 nitrogen and oxygen atoms in total. The molecule has 2 saturated heterocycles. The zero-order valence-corrected chi connectivity index (χ0v) is 39.5. The quantitative estimate of drug-likeness (QED) is 0.106. The lowest BCUT2D eigenvalue weighted by Crippen LogP contribution is -2.59. The van der Waals surface area contributed by atoms with Crippen molar-refractivity contribution in [3.8, 4) is 28.2 Å². The average Bonchev–Trinajstić information content (AvgIpc) is 3.97. The second-order valence-corrected chi connectivity index (χ2v) is 18.7. The third-order valence-corrected chi connectivity index (χ3v) is 14.8. The lowest BCUT2D eigenvalue weighted by atomic mass is 9.84. The summed E-state index contributed by atoms with van der Waals surface area (Å²) in [6.07, 6.45) is -1.17. The van der Waals surface area contributed by atoms with E-state index < -0.39 is 76.6 Å². The van der Waals surface area contributed by atoms with Gasteiger partial charge in [-0.15, -0.1) is 0 Å². The molecule has 6 amide bonds. The topological polar surface area (TPSA) is 213 Å². The number of primary amides is 2. The van der Waals surface area contributed by atoms with Crippen LogP contribution in [0.4, 0.5) is 14.0 Å². The minimum Gasteiger partial charge on any atom is -0.465 e. The van der Waals surface area contributed by atoms with E-state index in [9.17, 15) is 43.4 Å². The van der Waals surface area contributed by atoms with Crippen LogP contribution in [0.25, 0.3) is 28.2 Å². The van der Waals surface area contributed by atoms with Gasteiger partial charge in [-0.1, -0.05) is 76.2 Å². The maximum absolute atomic E-state index is 14.4. The Bertz CT molecular complexity index is 2330. The van der Waals surface area contributed by atoms with Crippen molar-refractivity contribution in [2.75, 3.05) is 27.2 Å². The molecule has 64 heavy (non-hydrogen) atoms. The summed E-state index contributed by atoms with van der Waals surface area (Å²) in [5, 5.41) is 19.6. The Morgan fingerprint density at radius 1 is 0.625 bits per heavy atom. The largest absolute Gasteiger partial charge is 0.465 e. The molecule has 3 aromatic carbocycles. The predicted molar refractivity (Wildman–Crippen MR) is 244 cm³/mol. The molecule has 2 aliphatic heterocycles. The molecule has 0 spiro atoms. The maximum Gasteiger partial charge on any atom is 0.407 e. The molecule has 340 valence electrons. The Hall–Kier alpha value is -5.75. The number of carbonyl (C=O) groups excluding carboxylic acids is 4. The van der Waals surface area contributed by atoms with Crippen molar-refractivity contribution in [2.24, 2.45) is 23.3 Å². The first-order valence-electron chi connectivity index (χ1n) is 20.8. The van der Waals surface area contributed by atoms with Crippen molar-refractivity contribution in [1.29, 1.82) is 0 Å². The number of rotatable bonds is 13. The number of carbonyl (C=O) groups is 6. The Morgan fingerprint density at radius 3 is 1.27 bits per heavy atom. The molecule has 6 rings (SSSR count). The molecule has 18 heteroatoms.